The highest BCUT2D eigenvalue weighted by Gasteiger charge is 2.29. The van der Waals surface area contributed by atoms with Gasteiger partial charge >= 0.3 is 6.18 Å². The van der Waals surface area contributed by atoms with E-state index in [1.807, 2.05) is 7.05 Å². The van der Waals surface area contributed by atoms with Crippen LogP contribution in [0.3, 0.4) is 0 Å². The SMILES string of the molecule is CN1CCC(Oc2cc(OCC(F)(F)F)cc3ncnc(Nc4c(Cl)ccc5c4OCO5)c23)CC1. The molecule has 0 spiro atoms. The van der Waals surface area contributed by atoms with Crippen LogP contribution in [-0.4, -0.2) is 60.7 Å². The van der Waals surface area contributed by atoms with Crippen LogP contribution in [0, 0.1) is 0 Å². The van der Waals surface area contributed by atoms with Gasteiger partial charge in [-0.15, -0.1) is 0 Å². The second-order valence-electron chi connectivity index (χ2n) is 8.34. The summed E-state index contributed by atoms with van der Waals surface area (Å²) in [7, 11) is 2.03. The van der Waals surface area contributed by atoms with E-state index in [-0.39, 0.29) is 18.6 Å². The van der Waals surface area contributed by atoms with E-state index in [2.05, 4.69) is 20.2 Å². The average Bonchev–Trinajstić information content (AvgIpc) is 3.30. The number of nitrogens with one attached hydrogen (secondary N) is 1. The number of benzene rings is 2. The number of hydrogen-bond donors (Lipinski definition) is 1. The fourth-order valence-corrected chi connectivity index (χ4v) is 4.23. The van der Waals surface area contributed by atoms with E-state index in [1.165, 1.54) is 18.5 Å². The van der Waals surface area contributed by atoms with Gasteiger partial charge in [0, 0.05) is 25.2 Å². The normalized spacial score (nSPS) is 16.5. The van der Waals surface area contributed by atoms with E-state index in [1.54, 1.807) is 12.1 Å². The summed E-state index contributed by atoms with van der Waals surface area (Å²) in [4.78, 5) is 10.8. The van der Waals surface area contributed by atoms with Gasteiger partial charge in [-0.3, -0.25) is 0 Å². The molecule has 0 saturated carbocycles. The van der Waals surface area contributed by atoms with Crippen molar-refractivity contribution in [3.63, 3.8) is 0 Å². The number of likely N-dealkylation sites (tertiary alicyclic amines) is 1. The highest BCUT2D eigenvalue weighted by atomic mass is 35.5. The molecule has 0 aliphatic carbocycles. The summed E-state index contributed by atoms with van der Waals surface area (Å²) in [6.45, 7) is 0.319. The van der Waals surface area contributed by atoms with Crippen molar-refractivity contribution in [2.45, 2.75) is 25.1 Å². The molecule has 0 bridgehead atoms. The summed E-state index contributed by atoms with van der Waals surface area (Å²) in [5, 5.41) is 4.04. The number of piperidine rings is 1. The van der Waals surface area contributed by atoms with E-state index in [4.69, 9.17) is 30.5 Å². The Morgan fingerprint density at radius 2 is 1.97 bits per heavy atom. The van der Waals surface area contributed by atoms with Gasteiger partial charge in [0.2, 0.25) is 6.79 Å². The van der Waals surface area contributed by atoms with Crippen molar-refractivity contribution >= 4 is 34.0 Å². The molecule has 1 aromatic heterocycles. The van der Waals surface area contributed by atoms with Gasteiger partial charge in [0.15, 0.2) is 18.1 Å². The van der Waals surface area contributed by atoms with Gasteiger partial charge in [0.05, 0.1) is 15.9 Å². The van der Waals surface area contributed by atoms with Gasteiger partial charge in [0.1, 0.15) is 35.4 Å². The van der Waals surface area contributed by atoms with Crippen molar-refractivity contribution in [3.05, 3.63) is 35.6 Å². The summed E-state index contributed by atoms with van der Waals surface area (Å²) in [5.41, 5.74) is 0.801. The summed E-state index contributed by atoms with van der Waals surface area (Å²) in [6.07, 6.45) is -1.76. The Morgan fingerprint density at radius 3 is 2.74 bits per heavy atom. The first-order chi connectivity index (χ1) is 16.8. The predicted molar refractivity (Wildman–Crippen MR) is 123 cm³/mol. The smallest absolute Gasteiger partial charge is 0.422 e. The van der Waals surface area contributed by atoms with E-state index in [9.17, 15) is 13.2 Å². The number of anilines is 2. The molecule has 0 unspecified atom stereocenters. The molecule has 0 atom stereocenters. The first kappa shape index (κ1) is 23.6. The maximum absolute atomic E-state index is 12.8. The molecule has 3 aromatic rings. The van der Waals surface area contributed by atoms with Crippen LogP contribution < -0.4 is 24.3 Å². The first-order valence-corrected chi connectivity index (χ1v) is 11.3. The Balaban J connectivity index is 1.55. The zero-order valence-electron chi connectivity index (χ0n) is 18.7. The highest BCUT2D eigenvalue weighted by Crippen LogP contribution is 2.46. The van der Waals surface area contributed by atoms with Crippen molar-refractivity contribution < 1.29 is 32.1 Å². The van der Waals surface area contributed by atoms with E-state index < -0.39 is 12.8 Å². The van der Waals surface area contributed by atoms with Crippen molar-refractivity contribution in [2.75, 3.05) is 38.9 Å². The van der Waals surface area contributed by atoms with Crippen molar-refractivity contribution in [3.8, 4) is 23.0 Å². The van der Waals surface area contributed by atoms with Crippen molar-refractivity contribution in [1.29, 1.82) is 0 Å². The maximum atomic E-state index is 12.8. The topological polar surface area (TPSA) is 78.0 Å². The molecular formula is C23H22ClF3N4O4. The number of fused-ring (bicyclic) bond motifs is 2. The molecule has 8 nitrogen and oxygen atoms in total. The lowest BCUT2D eigenvalue weighted by atomic mass is 10.1. The summed E-state index contributed by atoms with van der Waals surface area (Å²) in [6, 6.07) is 6.23. The lowest BCUT2D eigenvalue weighted by Crippen LogP contribution is -2.35. The first-order valence-electron chi connectivity index (χ1n) is 11.0. The molecule has 1 saturated heterocycles. The van der Waals surface area contributed by atoms with Gasteiger partial charge in [-0.1, -0.05) is 11.6 Å². The molecule has 12 heteroatoms. The molecular weight excluding hydrogens is 489 g/mol. The van der Waals surface area contributed by atoms with E-state index in [0.717, 1.165) is 25.9 Å². The summed E-state index contributed by atoms with van der Waals surface area (Å²) in [5.74, 6) is 1.63. The highest BCUT2D eigenvalue weighted by molar-refractivity contribution is 6.34. The van der Waals surface area contributed by atoms with Crippen LogP contribution >= 0.6 is 11.6 Å². The minimum absolute atomic E-state index is 0.00206. The Kier molecular flexibility index (Phi) is 6.37. The Morgan fingerprint density at radius 1 is 1.17 bits per heavy atom. The monoisotopic (exact) mass is 510 g/mol. The van der Waals surface area contributed by atoms with E-state index >= 15 is 0 Å². The minimum Gasteiger partial charge on any atom is -0.489 e. The third-order valence-corrected chi connectivity index (χ3v) is 6.08. The average molecular weight is 511 g/mol. The fraction of sp³-hybridized carbons (Fsp3) is 0.391. The van der Waals surface area contributed by atoms with Gasteiger partial charge in [-0.2, -0.15) is 13.2 Å². The van der Waals surface area contributed by atoms with Gasteiger partial charge in [0.25, 0.3) is 0 Å². The zero-order valence-corrected chi connectivity index (χ0v) is 19.4. The molecule has 2 aliphatic rings. The molecule has 5 rings (SSSR count). The second kappa shape index (κ2) is 9.46. The number of ether oxygens (including phenoxy) is 4. The molecule has 2 aliphatic heterocycles. The number of hydrogen-bond acceptors (Lipinski definition) is 8. The van der Waals surface area contributed by atoms with E-state index in [0.29, 0.717) is 44.7 Å². The van der Waals surface area contributed by atoms with Crippen LogP contribution in [0.15, 0.2) is 30.6 Å². The quantitative estimate of drug-likeness (QED) is 0.487. The van der Waals surface area contributed by atoms with Gasteiger partial charge in [-0.05, 0) is 32.0 Å². The standard InChI is InChI=1S/C23H22ClF3N4O4/c1-31-6-4-13(5-7-31)35-18-9-14(32-10-23(25,26)27)8-16-19(18)22(29-11-28-16)30-20-15(24)2-3-17-21(20)34-12-33-17/h2-3,8-9,11,13H,4-7,10,12H2,1H3,(H,28,29,30). The third kappa shape index (κ3) is 5.25. The second-order valence-corrected chi connectivity index (χ2v) is 8.75. The largest absolute Gasteiger partial charge is 0.489 e. The lowest BCUT2D eigenvalue weighted by molar-refractivity contribution is -0.153. The number of aromatic nitrogens is 2. The molecule has 35 heavy (non-hydrogen) atoms. The van der Waals surface area contributed by atoms with Crippen LogP contribution in [0.5, 0.6) is 23.0 Å². The number of alkyl halides is 3. The fourth-order valence-electron chi connectivity index (χ4n) is 4.03. The molecule has 1 fully saturated rings. The van der Waals surface area contributed by atoms with Crippen molar-refractivity contribution in [2.24, 2.45) is 0 Å². The Labute approximate surface area is 203 Å². The summed E-state index contributed by atoms with van der Waals surface area (Å²) >= 11 is 6.42. The molecule has 2 aromatic carbocycles. The molecule has 0 amide bonds. The molecule has 0 radical (unpaired) electrons. The number of rotatable bonds is 6. The zero-order chi connectivity index (χ0) is 24.6. The van der Waals surface area contributed by atoms with Crippen LogP contribution in [0.2, 0.25) is 5.02 Å². The van der Waals surface area contributed by atoms with Crippen molar-refractivity contribution in [1.82, 2.24) is 14.9 Å². The maximum Gasteiger partial charge on any atom is 0.422 e. The molecule has 186 valence electrons. The molecule has 1 N–H and O–H groups in total. The number of halogens is 4. The van der Waals surface area contributed by atoms with Gasteiger partial charge in [-0.25, -0.2) is 9.97 Å². The minimum atomic E-state index is -4.48. The van der Waals surface area contributed by atoms with Crippen LogP contribution in [-0.2, 0) is 0 Å². The predicted octanol–water partition coefficient (Wildman–Crippen LogP) is 5.17. The Bertz CT molecular complexity index is 1240. The van der Waals surface area contributed by atoms with Crippen LogP contribution in [0.25, 0.3) is 10.9 Å². The van der Waals surface area contributed by atoms with Gasteiger partial charge < -0.3 is 29.2 Å². The lowest BCUT2D eigenvalue weighted by Gasteiger charge is -2.30. The number of nitrogens with zero attached hydrogens (tertiary/aromatic N) is 3. The summed E-state index contributed by atoms with van der Waals surface area (Å²) < 4.78 is 60.7. The Hall–Kier alpha value is -3.18. The van der Waals surface area contributed by atoms with Crippen LogP contribution in [0.4, 0.5) is 24.7 Å². The third-order valence-electron chi connectivity index (χ3n) is 5.77. The molecule has 3 heterocycles. The van der Waals surface area contributed by atoms with Crippen LogP contribution in [0.1, 0.15) is 12.8 Å².